The van der Waals surface area contributed by atoms with E-state index in [9.17, 15) is 14.4 Å². The largest absolute Gasteiger partial charge is 0.460 e. The average molecular weight is 384 g/mol. The molecule has 3 N–H and O–H groups in total. The van der Waals surface area contributed by atoms with Crippen LogP contribution in [-0.4, -0.2) is 34.9 Å². The summed E-state index contributed by atoms with van der Waals surface area (Å²) in [6.45, 7) is 5.45. The van der Waals surface area contributed by atoms with Crippen molar-refractivity contribution in [3.8, 4) is 0 Å². The minimum Gasteiger partial charge on any atom is -0.460 e. The lowest BCUT2D eigenvalue weighted by molar-refractivity contribution is -0.154. The molecule has 0 bridgehead atoms. The number of para-hydroxylation sites is 1. The van der Waals surface area contributed by atoms with Gasteiger partial charge in [0, 0.05) is 12.7 Å². The summed E-state index contributed by atoms with van der Waals surface area (Å²) in [6.07, 6.45) is 1.34. The van der Waals surface area contributed by atoms with Crippen molar-refractivity contribution in [2.45, 2.75) is 32.8 Å². The molecule has 0 unspecified atom stereocenters. The lowest BCUT2D eigenvalue weighted by Gasteiger charge is -2.19. The lowest BCUT2D eigenvalue weighted by atomic mass is 10.2. The molecule has 0 atom stereocenters. The first kappa shape index (κ1) is 21.0. The van der Waals surface area contributed by atoms with Gasteiger partial charge in [0.05, 0.1) is 17.7 Å². The molecule has 1 heterocycles. The van der Waals surface area contributed by atoms with E-state index in [1.807, 2.05) is 6.07 Å². The Balaban J connectivity index is 1.90. The van der Waals surface area contributed by atoms with Gasteiger partial charge in [-0.1, -0.05) is 18.2 Å². The third kappa shape index (κ3) is 6.17. The third-order valence-corrected chi connectivity index (χ3v) is 3.53. The molecule has 2 amide bonds. The number of anilines is 1. The van der Waals surface area contributed by atoms with Crippen LogP contribution in [0.15, 0.2) is 48.7 Å². The number of benzene rings is 1. The highest BCUT2D eigenvalue weighted by Crippen LogP contribution is 2.13. The molecule has 0 aliphatic heterocycles. The van der Waals surface area contributed by atoms with Gasteiger partial charge in [0.25, 0.3) is 11.8 Å². The maximum atomic E-state index is 12.4. The summed E-state index contributed by atoms with van der Waals surface area (Å²) in [5, 5.41) is 3.60. The smallest absolute Gasteiger partial charge is 0.308 e. The summed E-state index contributed by atoms with van der Waals surface area (Å²) in [5.74, 6) is 4.54. The predicted octanol–water partition coefficient (Wildman–Crippen LogP) is 2.06. The number of amides is 2. The topological polar surface area (TPSA) is 115 Å². The molecule has 0 saturated heterocycles. The van der Waals surface area contributed by atoms with Crippen LogP contribution in [0.2, 0.25) is 0 Å². The molecule has 0 spiro atoms. The number of carbonyl (C=O) groups excluding carboxylic acids is 3. The van der Waals surface area contributed by atoms with E-state index in [2.05, 4.69) is 10.3 Å². The first-order chi connectivity index (χ1) is 13.2. The van der Waals surface area contributed by atoms with Gasteiger partial charge in [0.2, 0.25) is 0 Å². The highest BCUT2D eigenvalue weighted by atomic mass is 16.6. The summed E-state index contributed by atoms with van der Waals surface area (Å²) in [5.41, 5.74) is 0.346. The minimum absolute atomic E-state index is 0.0544. The normalized spacial score (nSPS) is 10.9. The van der Waals surface area contributed by atoms with E-state index >= 15 is 0 Å². The molecular formula is C20H24N4O4. The Morgan fingerprint density at radius 3 is 2.36 bits per heavy atom. The van der Waals surface area contributed by atoms with E-state index in [0.717, 1.165) is 5.01 Å². The second-order valence-corrected chi connectivity index (χ2v) is 7.04. The van der Waals surface area contributed by atoms with Crippen molar-refractivity contribution < 1.29 is 19.1 Å². The lowest BCUT2D eigenvalue weighted by Crippen LogP contribution is -2.37. The molecule has 0 radical (unpaired) electrons. The summed E-state index contributed by atoms with van der Waals surface area (Å²) in [7, 11) is 0. The Kier molecular flexibility index (Phi) is 6.84. The first-order valence-corrected chi connectivity index (χ1v) is 8.77. The number of nitrogens with zero attached hydrogens (tertiary/aromatic N) is 2. The van der Waals surface area contributed by atoms with Crippen molar-refractivity contribution in [1.29, 1.82) is 0 Å². The summed E-state index contributed by atoms with van der Waals surface area (Å²) in [6, 6.07) is 11.7. The summed E-state index contributed by atoms with van der Waals surface area (Å²) in [4.78, 5) is 40.1. The Morgan fingerprint density at radius 2 is 1.79 bits per heavy atom. The Morgan fingerprint density at radius 1 is 1.11 bits per heavy atom. The number of esters is 1. The van der Waals surface area contributed by atoms with Crippen LogP contribution in [-0.2, 0) is 9.53 Å². The van der Waals surface area contributed by atoms with Crippen LogP contribution in [0.5, 0.6) is 0 Å². The summed E-state index contributed by atoms with van der Waals surface area (Å²) >= 11 is 0. The number of carbonyl (C=O) groups is 3. The Hall–Kier alpha value is -3.26. The second-order valence-electron chi connectivity index (χ2n) is 7.04. The maximum absolute atomic E-state index is 12.4. The van der Waals surface area contributed by atoms with Gasteiger partial charge in [-0.2, -0.15) is 0 Å². The molecule has 0 aliphatic carbocycles. The maximum Gasteiger partial charge on any atom is 0.308 e. The van der Waals surface area contributed by atoms with E-state index in [4.69, 9.17) is 10.6 Å². The molecular weight excluding hydrogens is 360 g/mol. The number of nitrogens with one attached hydrogen (secondary N) is 1. The molecule has 8 nitrogen and oxygen atoms in total. The molecule has 0 aliphatic rings. The zero-order valence-corrected chi connectivity index (χ0v) is 16.1. The fraction of sp³-hybridized carbons (Fsp3) is 0.300. The van der Waals surface area contributed by atoms with Gasteiger partial charge < -0.3 is 10.1 Å². The number of ether oxygens (including phenoxy) is 1. The quantitative estimate of drug-likeness (QED) is 0.341. The zero-order chi connectivity index (χ0) is 20.7. The van der Waals surface area contributed by atoms with Crippen molar-refractivity contribution in [2.24, 2.45) is 5.84 Å². The second kappa shape index (κ2) is 9.09. The van der Waals surface area contributed by atoms with Gasteiger partial charge in [-0.05, 0) is 45.0 Å². The Labute approximate surface area is 163 Å². The van der Waals surface area contributed by atoms with Crippen molar-refractivity contribution in [3.63, 3.8) is 0 Å². The molecule has 0 saturated carbocycles. The van der Waals surface area contributed by atoms with Crippen molar-refractivity contribution in [2.75, 3.05) is 11.6 Å². The first-order valence-electron chi connectivity index (χ1n) is 8.77. The number of hydrogen-bond acceptors (Lipinski definition) is 6. The van der Waals surface area contributed by atoms with E-state index < -0.39 is 23.4 Å². The highest BCUT2D eigenvalue weighted by Gasteiger charge is 2.17. The van der Waals surface area contributed by atoms with Gasteiger partial charge in [-0.25, -0.2) is 10.9 Å². The summed E-state index contributed by atoms with van der Waals surface area (Å²) < 4.78 is 5.17. The highest BCUT2D eigenvalue weighted by molar-refractivity contribution is 6.05. The number of rotatable bonds is 6. The molecule has 2 rings (SSSR count). The standard InChI is InChI=1S/C20H24N4O4/c1-20(2,3)28-17(25)11-12-22-18(26)16-10-9-14(13-23-16)19(27)24(21)15-7-5-4-6-8-15/h4-10,13H,11-12,21H2,1-3H3,(H,22,26). The van der Waals surface area contributed by atoms with Crippen LogP contribution in [0.4, 0.5) is 5.69 Å². The van der Waals surface area contributed by atoms with Crippen LogP contribution in [0.25, 0.3) is 0 Å². The number of aromatic nitrogens is 1. The fourth-order valence-corrected chi connectivity index (χ4v) is 2.26. The van der Waals surface area contributed by atoms with Crippen LogP contribution in [0.3, 0.4) is 0 Å². The van der Waals surface area contributed by atoms with Crippen LogP contribution < -0.4 is 16.2 Å². The van der Waals surface area contributed by atoms with Crippen LogP contribution in [0, 0.1) is 0 Å². The van der Waals surface area contributed by atoms with Crippen LogP contribution >= 0.6 is 0 Å². The van der Waals surface area contributed by atoms with Crippen molar-refractivity contribution in [1.82, 2.24) is 10.3 Å². The number of hydrogen-bond donors (Lipinski definition) is 2. The Bertz CT molecular complexity index is 830. The zero-order valence-electron chi connectivity index (χ0n) is 16.1. The van der Waals surface area contributed by atoms with Gasteiger partial charge in [-0.3, -0.25) is 19.4 Å². The molecule has 2 aromatic rings. The SMILES string of the molecule is CC(C)(C)OC(=O)CCNC(=O)c1ccc(C(=O)N(N)c2ccccc2)cn1. The molecule has 28 heavy (non-hydrogen) atoms. The van der Waals surface area contributed by atoms with E-state index in [1.54, 1.807) is 45.0 Å². The van der Waals surface area contributed by atoms with Gasteiger partial charge in [0.1, 0.15) is 11.3 Å². The van der Waals surface area contributed by atoms with Crippen LogP contribution in [0.1, 0.15) is 48.0 Å². The average Bonchev–Trinajstić information content (AvgIpc) is 2.66. The molecule has 1 aromatic carbocycles. The monoisotopic (exact) mass is 384 g/mol. The van der Waals surface area contributed by atoms with E-state index in [1.165, 1.54) is 18.3 Å². The number of hydrazine groups is 1. The fourth-order valence-electron chi connectivity index (χ4n) is 2.26. The van der Waals surface area contributed by atoms with Crippen molar-refractivity contribution >= 4 is 23.5 Å². The van der Waals surface area contributed by atoms with E-state index in [-0.39, 0.29) is 24.2 Å². The van der Waals surface area contributed by atoms with Gasteiger partial charge >= 0.3 is 5.97 Å². The number of nitrogens with two attached hydrogens (primary N) is 1. The molecule has 1 aromatic heterocycles. The molecule has 0 fully saturated rings. The number of pyridine rings is 1. The van der Waals surface area contributed by atoms with E-state index in [0.29, 0.717) is 5.69 Å². The van der Waals surface area contributed by atoms with Crippen molar-refractivity contribution in [3.05, 3.63) is 59.9 Å². The molecule has 8 heteroatoms. The minimum atomic E-state index is -0.568. The van der Waals surface area contributed by atoms with Gasteiger partial charge in [0.15, 0.2) is 0 Å². The third-order valence-electron chi connectivity index (χ3n) is 3.53. The van der Waals surface area contributed by atoms with Gasteiger partial charge in [-0.15, -0.1) is 0 Å². The predicted molar refractivity (Wildman–Crippen MR) is 104 cm³/mol. The molecule has 148 valence electrons.